The summed E-state index contributed by atoms with van der Waals surface area (Å²) in [5.41, 5.74) is 4.21. The van der Waals surface area contributed by atoms with Gasteiger partial charge in [-0.15, -0.1) is 0 Å². The lowest BCUT2D eigenvalue weighted by Crippen LogP contribution is -2.07. The molecule has 0 heterocycles. The van der Waals surface area contributed by atoms with Crippen LogP contribution < -0.4 is 5.32 Å². The molecule has 0 aliphatic heterocycles. The van der Waals surface area contributed by atoms with E-state index in [1.165, 1.54) is 19.1 Å². The summed E-state index contributed by atoms with van der Waals surface area (Å²) in [6, 6.07) is 18.4. The first kappa shape index (κ1) is 18.7. The van der Waals surface area contributed by atoms with E-state index in [4.69, 9.17) is 0 Å². The van der Waals surface area contributed by atoms with Gasteiger partial charge in [0.15, 0.2) is 0 Å². The van der Waals surface area contributed by atoms with E-state index < -0.39 is 11.7 Å². The van der Waals surface area contributed by atoms with Gasteiger partial charge in [-0.1, -0.05) is 54.1 Å². The van der Waals surface area contributed by atoms with Crippen molar-refractivity contribution in [2.45, 2.75) is 20.0 Å². The van der Waals surface area contributed by atoms with E-state index in [9.17, 15) is 18.0 Å². The molecule has 3 aromatic rings. The molecule has 0 unspecified atom stereocenters. The van der Waals surface area contributed by atoms with Crippen LogP contribution in [0.15, 0.2) is 66.7 Å². The molecular formula is C22H18F3NO. The van der Waals surface area contributed by atoms with E-state index in [1.807, 2.05) is 43.3 Å². The molecule has 0 saturated carbocycles. The van der Waals surface area contributed by atoms with Crippen molar-refractivity contribution in [1.29, 1.82) is 0 Å². The van der Waals surface area contributed by atoms with Gasteiger partial charge in [0.2, 0.25) is 5.91 Å². The van der Waals surface area contributed by atoms with E-state index in [-0.39, 0.29) is 5.91 Å². The first-order chi connectivity index (χ1) is 12.7. The molecule has 3 rings (SSSR count). The fourth-order valence-corrected chi connectivity index (χ4v) is 2.85. The minimum Gasteiger partial charge on any atom is -0.326 e. The fourth-order valence-electron chi connectivity index (χ4n) is 2.85. The Morgan fingerprint density at radius 2 is 1.37 bits per heavy atom. The van der Waals surface area contributed by atoms with Crippen LogP contribution in [0.3, 0.4) is 0 Å². The second-order valence-electron chi connectivity index (χ2n) is 6.38. The number of carbonyl (C=O) groups is 1. The molecular weight excluding hydrogens is 351 g/mol. The predicted molar refractivity (Wildman–Crippen MR) is 101 cm³/mol. The van der Waals surface area contributed by atoms with Gasteiger partial charge in [0, 0.05) is 18.2 Å². The molecule has 0 radical (unpaired) electrons. The van der Waals surface area contributed by atoms with Crippen LogP contribution in [0.2, 0.25) is 0 Å². The Morgan fingerprint density at radius 1 is 0.815 bits per heavy atom. The maximum Gasteiger partial charge on any atom is 0.416 e. The van der Waals surface area contributed by atoms with Crippen LogP contribution in [0.1, 0.15) is 18.1 Å². The Hall–Kier alpha value is -3.08. The minimum atomic E-state index is -4.37. The van der Waals surface area contributed by atoms with Crippen molar-refractivity contribution < 1.29 is 18.0 Å². The smallest absolute Gasteiger partial charge is 0.326 e. The van der Waals surface area contributed by atoms with E-state index in [1.54, 1.807) is 6.07 Å². The van der Waals surface area contributed by atoms with Gasteiger partial charge in [-0.05, 0) is 41.8 Å². The first-order valence-electron chi connectivity index (χ1n) is 8.40. The molecule has 0 aliphatic carbocycles. The maximum atomic E-state index is 12.8. The lowest BCUT2D eigenvalue weighted by Gasteiger charge is -2.14. The van der Waals surface area contributed by atoms with Crippen LogP contribution >= 0.6 is 0 Å². The molecule has 0 aromatic heterocycles. The molecule has 2 nitrogen and oxygen atoms in total. The second-order valence-corrected chi connectivity index (χ2v) is 6.38. The van der Waals surface area contributed by atoms with E-state index in [0.717, 1.165) is 34.4 Å². The van der Waals surface area contributed by atoms with Crippen molar-refractivity contribution in [2.75, 3.05) is 5.32 Å². The van der Waals surface area contributed by atoms with Crippen molar-refractivity contribution in [3.8, 4) is 22.3 Å². The highest BCUT2D eigenvalue weighted by molar-refractivity contribution is 5.95. The lowest BCUT2D eigenvalue weighted by atomic mass is 9.97. The van der Waals surface area contributed by atoms with Gasteiger partial charge in [0.05, 0.1) is 5.56 Å². The molecule has 3 aromatic carbocycles. The summed E-state index contributed by atoms with van der Waals surface area (Å²) in [5.74, 6) is -0.215. The number of aryl methyl sites for hydroxylation is 1. The summed E-state index contributed by atoms with van der Waals surface area (Å²) in [7, 11) is 0. The van der Waals surface area contributed by atoms with Crippen molar-refractivity contribution in [1.82, 2.24) is 0 Å². The molecule has 1 amide bonds. The standard InChI is InChI=1S/C22H18F3NO/c1-14-3-5-17(6-4-14)20-12-9-18(13-21(20)26-15(2)27)16-7-10-19(11-8-16)22(23,24)25/h3-13H,1-2H3,(H,26,27). The zero-order chi connectivity index (χ0) is 19.6. The largest absolute Gasteiger partial charge is 0.416 e. The third-order valence-electron chi connectivity index (χ3n) is 4.24. The summed E-state index contributed by atoms with van der Waals surface area (Å²) in [6.45, 7) is 3.41. The van der Waals surface area contributed by atoms with Gasteiger partial charge in [0.25, 0.3) is 0 Å². The number of hydrogen-bond donors (Lipinski definition) is 1. The van der Waals surface area contributed by atoms with E-state index in [0.29, 0.717) is 11.3 Å². The zero-order valence-corrected chi connectivity index (χ0v) is 14.9. The molecule has 27 heavy (non-hydrogen) atoms. The number of benzene rings is 3. The number of nitrogens with one attached hydrogen (secondary N) is 1. The van der Waals surface area contributed by atoms with E-state index >= 15 is 0 Å². The van der Waals surface area contributed by atoms with Crippen molar-refractivity contribution in [3.05, 3.63) is 77.9 Å². The molecule has 0 bridgehead atoms. The second kappa shape index (κ2) is 7.27. The lowest BCUT2D eigenvalue weighted by molar-refractivity contribution is -0.137. The average Bonchev–Trinajstić information content (AvgIpc) is 2.61. The molecule has 0 aliphatic rings. The van der Waals surface area contributed by atoms with Crippen LogP contribution in [-0.4, -0.2) is 5.91 Å². The van der Waals surface area contributed by atoms with Crippen LogP contribution in [0, 0.1) is 6.92 Å². The highest BCUT2D eigenvalue weighted by atomic mass is 19.4. The summed E-state index contributed by atoms with van der Waals surface area (Å²) in [4.78, 5) is 11.6. The molecule has 5 heteroatoms. The number of anilines is 1. The van der Waals surface area contributed by atoms with Gasteiger partial charge in [-0.25, -0.2) is 0 Å². The minimum absolute atomic E-state index is 0.215. The Morgan fingerprint density at radius 3 is 1.93 bits per heavy atom. The molecule has 138 valence electrons. The van der Waals surface area contributed by atoms with Crippen LogP contribution in [-0.2, 0) is 11.0 Å². The molecule has 1 N–H and O–H groups in total. The van der Waals surface area contributed by atoms with Crippen LogP contribution in [0.4, 0.5) is 18.9 Å². The number of hydrogen-bond acceptors (Lipinski definition) is 1. The Balaban J connectivity index is 2.03. The van der Waals surface area contributed by atoms with Gasteiger partial charge >= 0.3 is 6.18 Å². The van der Waals surface area contributed by atoms with Gasteiger partial charge < -0.3 is 5.32 Å². The number of carbonyl (C=O) groups excluding carboxylic acids is 1. The average molecular weight is 369 g/mol. The summed E-state index contributed by atoms with van der Waals surface area (Å²) in [5, 5.41) is 2.81. The highest BCUT2D eigenvalue weighted by Crippen LogP contribution is 2.35. The van der Waals surface area contributed by atoms with Gasteiger partial charge in [0.1, 0.15) is 0 Å². The number of rotatable bonds is 3. The topological polar surface area (TPSA) is 29.1 Å². The normalized spacial score (nSPS) is 11.3. The Kier molecular flexibility index (Phi) is 5.04. The number of alkyl halides is 3. The Bertz CT molecular complexity index is 958. The third-order valence-corrected chi connectivity index (χ3v) is 4.24. The quantitative estimate of drug-likeness (QED) is 0.576. The highest BCUT2D eigenvalue weighted by Gasteiger charge is 2.30. The van der Waals surface area contributed by atoms with Crippen molar-refractivity contribution in [3.63, 3.8) is 0 Å². The SMILES string of the molecule is CC(=O)Nc1cc(-c2ccc(C(F)(F)F)cc2)ccc1-c1ccc(C)cc1. The molecule has 0 spiro atoms. The summed E-state index contributed by atoms with van der Waals surface area (Å²) < 4.78 is 38.3. The van der Waals surface area contributed by atoms with Crippen molar-refractivity contribution >= 4 is 11.6 Å². The monoisotopic (exact) mass is 369 g/mol. The Labute approximate surface area is 155 Å². The molecule has 0 saturated heterocycles. The zero-order valence-electron chi connectivity index (χ0n) is 14.9. The summed E-state index contributed by atoms with van der Waals surface area (Å²) >= 11 is 0. The van der Waals surface area contributed by atoms with Gasteiger partial charge in [-0.2, -0.15) is 13.2 Å². The molecule has 0 fully saturated rings. The number of amides is 1. The maximum absolute atomic E-state index is 12.8. The number of halogens is 3. The van der Waals surface area contributed by atoms with Crippen LogP contribution in [0.5, 0.6) is 0 Å². The first-order valence-corrected chi connectivity index (χ1v) is 8.40. The summed E-state index contributed by atoms with van der Waals surface area (Å²) in [6.07, 6.45) is -4.37. The van der Waals surface area contributed by atoms with Gasteiger partial charge in [-0.3, -0.25) is 4.79 Å². The molecule has 0 atom stereocenters. The van der Waals surface area contributed by atoms with Crippen molar-refractivity contribution in [2.24, 2.45) is 0 Å². The van der Waals surface area contributed by atoms with Crippen LogP contribution in [0.25, 0.3) is 22.3 Å². The fraction of sp³-hybridized carbons (Fsp3) is 0.136. The third kappa shape index (κ3) is 4.37. The predicted octanol–water partition coefficient (Wildman–Crippen LogP) is 6.31. The van der Waals surface area contributed by atoms with E-state index in [2.05, 4.69) is 5.32 Å².